The number of anilines is 1. The van der Waals surface area contributed by atoms with Gasteiger partial charge >= 0.3 is 0 Å². The number of nitrogens with zero attached hydrogens (tertiary/aromatic N) is 5. The third-order valence-electron chi connectivity index (χ3n) is 8.22. The first-order chi connectivity index (χ1) is 17.5. The molecule has 1 aromatic rings. The molecule has 36 heavy (non-hydrogen) atoms. The van der Waals surface area contributed by atoms with Crippen molar-refractivity contribution in [2.24, 2.45) is 0 Å². The van der Waals surface area contributed by atoms with Gasteiger partial charge in [-0.05, 0) is 90.0 Å². The lowest BCUT2D eigenvalue weighted by Crippen LogP contribution is -2.54. The summed E-state index contributed by atoms with van der Waals surface area (Å²) >= 11 is 0. The molecule has 0 saturated carbocycles. The summed E-state index contributed by atoms with van der Waals surface area (Å²) < 4.78 is 5.32. The number of ether oxygens (including phenoxy) is 1. The van der Waals surface area contributed by atoms with E-state index in [1.807, 2.05) is 13.8 Å². The van der Waals surface area contributed by atoms with Gasteiger partial charge in [0.25, 0.3) is 0 Å². The number of fused-ring (bicyclic) bond motifs is 2. The highest BCUT2D eigenvalue weighted by atomic mass is 16.5. The Balaban J connectivity index is 1.09. The van der Waals surface area contributed by atoms with Gasteiger partial charge in [-0.15, -0.1) is 0 Å². The lowest BCUT2D eigenvalue weighted by atomic mass is 9.91. The summed E-state index contributed by atoms with van der Waals surface area (Å²) in [6, 6.07) is 1.17. The van der Waals surface area contributed by atoms with E-state index in [0.29, 0.717) is 18.0 Å². The maximum atomic E-state index is 11.7. The Hall–Kier alpha value is -1.77. The van der Waals surface area contributed by atoms with Gasteiger partial charge in [-0.2, -0.15) is 0 Å². The minimum absolute atomic E-state index is 0.00599. The molecule has 3 fully saturated rings. The second-order valence-corrected chi connectivity index (χ2v) is 11.2. The second kappa shape index (κ2) is 13.7. The van der Waals surface area contributed by atoms with Gasteiger partial charge in [-0.3, -0.25) is 9.69 Å². The van der Waals surface area contributed by atoms with E-state index in [1.54, 1.807) is 0 Å². The van der Waals surface area contributed by atoms with Crippen LogP contribution in [0.4, 0.5) is 5.95 Å². The Morgan fingerprint density at radius 1 is 1.00 bits per heavy atom. The topological polar surface area (TPSA) is 73.8 Å². The van der Waals surface area contributed by atoms with Gasteiger partial charge in [-0.25, -0.2) is 9.97 Å². The zero-order valence-electron chi connectivity index (χ0n) is 22.8. The minimum atomic E-state index is -0.00599. The molecule has 4 rings (SSSR count). The molecule has 1 aromatic heterocycles. The zero-order chi connectivity index (χ0) is 25.3. The van der Waals surface area contributed by atoms with Gasteiger partial charge in [-0.1, -0.05) is 19.8 Å². The van der Waals surface area contributed by atoms with Crippen molar-refractivity contribution >= 4 is 11.9 Å². The predicted molar refractivity (Wildman–Crippen MR) is 144 cm³/mol. The summed E-state index contributed by atoms with van der Waals surface area (Å²) in [7, 11) is 0. The summed E-state index contributed by atoms with van der Waals surface area (Å²) in [6.45, 7) is 14.0. The molecule has 3 aliphatic rings. The maximum Gasteiger partial charge on any atom is 0.246 e. The van der Waals surface area contributed by atoms with Crippen molar-refractivity contribution in [1.29, 1.82) is 0 Å². The molecule has 202 valence electrons. The van der Waals surface area contributed by atoms with Crippen LogP contribution in [0, 0.1) is 0 Å². The second-order valence-electron chi connectivity index (χ2n) is 11.2. The molecule has 0 aliphatic carbocycles. The lowest BCUT2D eigenvalue weighted by molar-refractivity contribution is -0.127. The molecule has 0 radical (unpaired) electrons. The molecular formula is C28H48N6O2. The smallest absolute Gasteiger partial charge is 0.246 e. The number of likely N-dealkylation sites (N-methyl/N-ethyl adjacent to an activating group) is 1. The molecule has 3 aliphatic heterocycles. The first kappa shape index (κ1) is 27.3. The van der Waals surface area contributed by atoms with E-state index < -0.39 is 0 Å². The van der Waals surface area contributed by atoms with Gasteiger partial charge in [0.15, 0.2) is 0 Å². The number of rotatable bonds is 13. The van der Waals surface area contributed by atoms with E-state index in [-0.39, 0.29) is 18.6 Å². The molecule has 3 saturated heterocycles. The number of unbranched alkanes of at least 4 members (excludes halogenated alkanes) is 3. The maximum absolute atomic E-state index is 11.7. The number of hydrogen-bond donors (Lipinski definition) is 1. The van der Waals surface area contributed by atoms with Crippen molar-refractivity contribution < 1.29 is 9.53 Å². The number of hydrogen-bond acceptors (Lipinski definition) is 7. The minimum Gasteiger partial charge on any atom is -0.369 e. The Morgan fingerprint density at radius 3 is 2.31 bits per heavy atom. The standard InChI is InChI=1S/C28H48N6O2/c1-4-32-19-25-9-10-26(20-32)34(25)28-30-17-24(18-31-28)23-11-15-33(16-12-23)14-8-6-5-7-13-29-27(35)21-36-22(2)3/h17-18,22-23,25-26H,4-16,19-21H2,1-3H3,(H,29,35). The Kier molecular flexibility index (Phi) is 10.4. The number of aromatic nitrogens is 2. The van der Waals surface area contributed by atoms with Crippen molar-refractivity contribution in [3.05, 3.63) is 18.0 Å². The summed E-state index contributed by atoms with van der Waals surface area (Å²) in [4.78, 5) is 29.1. The van der Waals surface area contributed by atoms with Crippen LogP contribution in [0.3, 0.4) is 0 Å². The Morgan fingerprint density at radius 2 is 1.67 bits per heavy atom. The van der Waals surface area contributed by atoms with Crippen LogP contribution in [0.1, 0.15) is 83.6 Å². The predicted octanol–water partition coefficient (Wildman–Crippen LogP) is 3.43. The highest BCUT2D eigenvalue weighted by Crippen LogP contribution is 2.34. The molecule has 8 nitrogen and oxygen atoms in total. The van der Waals surface area contributed by atoms with Gasteiger partial charge < -0.3 is 19.9 Å². The molecule has 1 N–H and O–H groups in total. The van der Waals surface area contributed by atoms with Crippen LogP contribution in [-0.2, 0) is 9.53 Å². The number of piperazine rings is 1. The molecule has 1 amide bonds. The average molecular weight is 501 g/mol. The Labute approximate surface area is 218 Å². The SMILES string of the molecule is CCN1CC2CCC(C1)N2c1ncc(C2CCN(CCCCCCNC(=O)COC(C)C)CC2)cn1. The molecule has 2 unspecified atom stereocenters. The van der Waals surface area contributed by atoms with Crippen molar-refractivity contribution in [3.63, 3.8) is 0 Å². The molecule has 0 spiro atoms. The van der Waals surface area contributed by atoms with Crippen LogP contribution in [0.15, 0.2) is 12.4 Å². The molecule has 8 heteroatoms. The van der Waals surface area contributed by atoms with Crippen molar-refractivity contribution in [2.45, 2.75) is 96.2 Å². The summed E-state index contributed by atoms with van der Waals surface area (Å²) in [6.07, 6.45) is 13.9. The van der Waals surface area contributed by atoms with Gasteiger partial charge in [0.05, 0.1) is 6.10 Å². The van der Waals surface area contributed by atoms with Crippen LogP contribution in [-0.4, -0.2) is 96.3 Å². The number of carbonyl (C=O) groups excluding carboxylic acids is 1. The number of piperidine rings is 1. The number of nitrogens with one attached hydrogen (secondary N) is 1. The molecule has 2 atom stereocenters. The lowest BCUT2D eigenvalue weighted by Gasteiger charge is -2.40. The number of amides is 1. The largest absolute Gasteiger partial charge is 0.369 e. The van der Waals surface area contributed by atoms with Crippen molar-refractivity contribution in [3.8, 4) is 0 Å². The fraction of sp³-hybridized carbons (Fsp3) is 0.821. The first-order valence-corrected chi connectivity index (χ1v) is 14.5. The van der Waals surface area contributed by atoms with E-state index in [0.717, 1.165) is 38.5 Å². The van der Waals surface area contributed by atoms with E-state index >= 15 is 0 Å². The van der Waals surface area contributed by atoms with Gasteiger partial charge in [0.2, 0.25) is 11.9 Å². The summed E-state index contributed by atoms with van der Waals surface area (Å²) in [5.41, 5.74) is 1.32. The normalized spacial score (nSPS) is 23.5. The summed E-state index contributed by atoms with van der Waals surface area (Å²) in [5, 5.41) is 2.94. The molecule has 0 aromatic carbocycles. The van der Waals surface area contributed by atoms with Crippen LogP contribution in [0.25, 0.3) is 0 Å². The van der Waals surface area contributed by atoms with E-state index in [1.165, 1.54) is 70.1 Å². The Bertz CT molecular complexity index is 782. The number of carbonyl (C=O) groups is 1. The van der Waals surface area contributed by atoms with Crippen molar-refractivity contribution in [1.82, 2.24) is 25.1 Å². The quantitative estimate of drug-likeness (QED) is 0.416. The third kappa shape index (κ3) is 7.62. The fourth-order valence-corrected chi connectivity index (χ4v) is 6.08. The first-order valence-electron chi connectivity index (χ1n) is 14.5. The zero-order valence-corrected chi connectivity index (χ0v) is 22.8. The van der Waals surface area contributed by atoms with E-state index in [9.17, 15) is 4.79 Å². The van der Waals surface area contributed by atoms with Crippen LogP contribution in [0.5, 0.6) is 0 Å². The molecule has 4 heterocycles. The molecule has 2 bridgehead atoms. The highest BCUT2D eigenvalue weighted by Gasteiger charge is 2.40. The average Bonchev–Trinajstić information content (AvgIpc) is 3.16. The fourth-order valence-electron chi connectivity index (χ4n) is 6.08. The van der Waals surface area contributed by atoms with Crippen LogP contribution in [0.2, 0.25) is 0 Å². The van der Waals surface area contributed by atoms with Crippen LogP contribution < -0.4 is 10.2 Å². The van der Waals surface area contributed by atoms with Crippen LogP contribution >= 0.6 is 0 Å². The summed E-state index contributed by atoms with van der Waals surface area (Å²) in [5.74, 6) is 1.53. The third-order valence-corrected chi connectivity index (χ3v) is 8.22. The number of likely N-dealkylation sites (tertiary alicyclic amines) is 2. The van der Waals surface area contributed by atoms with E-state index in [4.69, 9.17) is 14.7 Å². The highest BCUT2D eigenvalue weighted by molar-refractivity contribution is 5.77. The van der Waals surface area contributed by atoms with Gasteiger partial charge in [0, 0.05) is 44.1 Å². The molecular weight excluding hydrogens is 452 g/mol. The van der Waals surface area contributed by atoms with E-state index in [2.05, 4.69) is 39.3 Å². The monoisotopic (exact) mass is 500 g/mol. The van der Waals surface area contributed by atoms with Crippen molar-refractivity contribution in [2.75, 3.05) is 57.3 Å². The van der Waals surface area contributed by atoms with Gasteiger partial charge in [0.1, 0.15) is 6.61 Å².